The van der Waals surface area contributed by atoms with E-state index in [0.29, 0.717) is 30.7 Å². The molecule has 0 bridgehead atoms. The Labute approximate surface area is 106 Å². The molecule has 1 rings (SSSR count). The maximum absolute atomic E-state index is 10.5. The summed E-state index contributed by atoms with van der Waals surface area (Å²) in [6.07, 6.45) is 1.94. The van der Waals surface area contributed by atoms with Crippen LogP contribution in [0, 0.1) is 0 Å². The first-order chi connectivity index (χ1) is 8.65. The lowest BCUT2D eigenvalue weighted by atomic mass is 10.2. The monoisotopic (exact) mass is 254 g/mol. The van der Waals surface area contributed by atoms with Crippen LogP contribution in [0.2, 0.25) is 0 Å². The molecule has 1 amide bonds. The molecule has 1 heterocycles. The predicted octanol–water partition coefficient (Wildman–Crippen LogP) is 0.561. The maximum atomic E-state index is 10.5. The number of unbranched alkanes of at least 4 members (excludes halogenated alkanes) is 1. The summed E-state index contributed by atoms with van der Waals surface area (Å²) < 4.78 is 10.0. The van der Waals surface area contributed by atoms with Crippen LogP contribution in [0.4, 0.5) is 5.95 Å². The number of ether oxygens (including phenoxy) is 2. The van der Waals surface area contributed by atoms with Gasteiger partial charge in [0.05, 0.1) is 20.3 Å². The highest BCUT2D eigenvalue weighted by atomic mass is 16.5. The van der Waals surface area contributed by atoms with Crippen LogP contribution in [-0.4, -0.2) is 36.6 Å². The van der Waals surface area contributed by atoms with Crippen molar-refractivity contribution in [2.45, 2.75) is 19.3 Å². The number of primary amides is 1. The molecule has 0 aliphatic carbocycles. The summed E-state index contributed by atoms with van der Waals surface area (Å²) in [7, 11) is 3.05. The first kappa shape index (κ1) is 14.0. The number of nitrogens with two attached hydrogens (primary N) is 1. The molecule has 0 atom stereocenters. The number of hydrogen-bond acceptors (Lipinski definition) is 6. The van der Waals surface area contributed by atoms with Crippen molar-refractivity contribution in [2.75, 3.05) is 26.1 Å². The van der Waals surface area contributed by atoms with E-state index in [9.17, 15) is 4.79 Å². The van der Waals surface area contributed by atoms with E-state index in [2.05, 4.69) is 15.3 Å². The summed E-state index contributed by atoms with van der Waals surface area (Å²) in [6.45, 7) is 0.656. The third kappa shape index (κ3) is 4.86. The van der Waals surface area contributed by atoms with Gasteiger partial charge in [0, 0.05) is 13.0 Å². The topological polar surface area (TPSA) is 99.4 Å². The second-order valence-corrected chi connectivity index (χ2v) is 3.63. The van der Waals surface area contributed by atoms with Crippen LogP contribution in [0.3, 0.4) is 0 Å². The molecule has 0 saturated carbocycles. The Hall–Kier alpha value is -2.05. The second-order valence-electron chi connectivity index (χ2n) is 3.63. The molecule has 18 heavy (non-hydrogen) atoms. The fraction of sp³-hybridized carbons (Fsp3) is 0.545. The smallest absolute Gasteiger partial charge is 0.229 e. The molecular weight excluding hydrogens is 236 g/mol. The number of nitrogens with one attached hydrogen (secondary N) is 1. The van der Waals surface area contributed by atoms with E-state index in [0.717, 1.165) is 12.8 Å². The summed E-state index contributed by atoms with van der Waals surface area (Å²) in [6, 6.07) is 1.60. The molecule has 7 nitrogen and oxygen atoms in total. The summed E-state index contributed by atoms with van der Waals surface area (Å²) in [5.41, 5.74) is 5.04. The highest BCUT2D eigenvalue weighted by molar-refractivity contribution is 5.73. The van der Waals surface area contributed by atoms with E-state index in [4.69, 9.17) is 15.2 Å². The number of methoxy groups -OCH3 is 2. The number of carbonyl (C=O) groups is 1. The average Bonchev–Trinajstić information content (AvgIpc) is 2.37. The van der Waals surface area contributed by atoms with Crippen LogP contribution >= 0.6 is 0 Å². The van der Waals surface area contributed by atoms with Gasteiger partial charge in [-0.3, -0.25) is 4.79 Å². The van der Waals surface area contributed by atoms with Crippen LogP contribution in [0.5, 0.6) is 11.8 Å². The maximum Gasteiger partial charge on any atom is 0.229 e. The Balaban J connectivity index is 2.43. The van der Waals surface area contributed by atoms with Crippen LogP contribution in [0.1, 0.15) is 19.3 Å². The quantitative estimate of drug-likeness (QED) is 0.658. The number of nitrogens with zero attached hydrogens (tertiary/aromatic N) is 2. The fourth-order valence-corrected chi connectivity index (χ4v) is 1.32. The first-order valence-electron chi connectivity index (χ1n) is 5.65. The van der Waals surface area contributed by atoms with Crippen molar-refractivity contribution in [1.29, 1.82) is 0 Å². The molecular formula is C11H18N4O3. The van der Waals surface area contributed by atoms with E-state index in [1.54, 1.807) is 6.07 Å². The van der Waals surface area contributed by atoms with Gasteiger partial charge in [0.1, 0.15) is 0 Å². The van der Waals surface area contributed by atoms with Crippen molar-refractivity contribution in [1.82, 2.24) is 9.97 Å². The number of aromatic nitrogens is 2. The van der Waals surface area contributed by atoms with Gasteiger partial charge in [-0.05, 0) is 12.8 Å². The fourth-order valence-electron chi connectivity index (χ4n) is 1.32. The molecule has 7 heteroatoms. The number of anilines is 1. The average molecular weight is 254 g/mol. The second kappa shape index (κ2) is 7.31. The number of hydrogen-bond donors (Lipinski definition) is 2. The van der Waals surface area contributed by atoms with E-state index in [1.807, 2.05) is 0 Å². The summed E-state index contributed by atoms with van der Waals surface area (Å²) in [5.74, 6) is 1.02. The van der Waals surface area contributed by atoms with Crippen molar-refractivity contribution >= 4 is 11.9 Å². The molecule has 0 fully saturated rings. The van der Waals surface area contributed by atoms with Gasteiger partial charge in [0.15, 0.2) is 0 Å². The first-order valence-corrected chi connectivity index (χ1v) is 5.65. The largest absolute Gasteiger partial charge is 0.481 e. The summed E-state index contributed by atoms with van der Waals surface area (Å²) >= 11 is 0. The van der Waals surface area contributed by atoms with Crippen molar-refractivity contribution in [2.24, 2.45) is 5.73 Å². The Bertz CT molecular complexity index is 376. The standard InChI is InChI=1S/C11H18N4O3/c1-17-9-7-10(18-2)15-11(14-9)13-6-4-3-5-8(12)16/h7H,3-6H2,1-2H3,(H2,12,16)(H,13,14,15). The van der Waals surface area contributed by atoms with E-state index >= 15 is 0 Å². The van der Waals surface area contributed by atoms with Crippen LogP contribution in [0.25, 0.3) is 0 Å². The third-order valence-corrected chi connectivity index (χ3v) is 2.23. The molecule has 0 aliphatic heterocycles. The minimum absolute atomic E-state index is 0.283. The van der Waals surface area contributed by atoms with Gasteiger partial charge in [-0.15, -0.1) is 0 Å². The highest BCUT2D eigenvalue weighted by Crippen LogP contribution is 2.17. The Morgan fingerprint density at radius 1 is 1.28 bits per heavy atom. The van der Waals surface area contributed by atoms with Crippen LogP contribution in [-0.2, 0) is 4.79 Å². The minimum atomic E-state index is -0.283. The zero-order valence-corrected chi connectivity index (χ0v) is 10.6. The van der Waals surface area contributed by atoms with Gasteiger partial charge in [-0.25, -0.2) is 0 Å². The number of rotatable bonds is 8. The normalized spacial score (nSPS) is 9.89. The molecule has 0 saturated heterocycles. The SMILES string of the molecule is COc1cc(OC)nc(NCCCCC(N)=O)n1. The van der Waals surface area contributed by atoms with Crippen molar-refractivity contribution in [3.63, 3.8) is 0 Å². The van der Waals surface area contributed by atoms with Gasteiger partial charge in [0.2, 0.25) is 23.6 Å². The molecule has 0 unspecified atom stereocenters. The van der Waals surface area contributed by atoms with Gasteiger partial charge < -0.3 is 20.5 Å². The van der Waals surface area contributed by atoms with Gasteiger partial charge in [-0.2, -0.15) is 9.97 Å². The molecule has 1 aromatic rings. The zero-order chi connectivity index (χ0) is 13.4. The van der Waals surface area contributed by atoms with Crippen molar-refractivity contribution < 1.29 is 14.3 Å². The zero-order valence-electron chi connectivity index (χ0n) is 10.6. The third-order valence-electron chi connectivity index (χ3n) is 2.23. The molecule has 100 valence electrons. The molecule has 0 radical (unpaired) electrons. The molecule has 0 aromatic carbocycles. The minimum Gasteiger partial charge on any atom is -0.481 e. The molecule has 0 spiro atoms. The van der Waals surface area contributed by atoms with E-state index in [1.165, 1.54) is 14.2 Å². The van der Waals surface area contributed by atoms with Crippen molar-refractivity contribution in [3.05, 3.63) is 6.07 Å². The van der Waals surface area contributed by atoms with Gasteiger partial charge in [0.25, 0.3) is 0 Å². The van der Waals surface area contributed by atoms with Crippen LogP contribution in [0.15, 0.2) is 6.07 Å². The summed E-state index contributed by atoms with van der Waals surface area (Å²) in [5, 5.41) is 3.03. The molecule has 1 aromatic heterocycles. The van der Waals surface area contributed by atoms with Gasteiger partial charge in [-0.1, -0.05) is 0 Å². The van der Waals surface area contributed by atoms with Gasteiger partial charge >= 0.3 is 0 Å². The van der Waals surface area contributed by atoms with Crippen LogP contribution < -0.4 is 20.5 Å². The number of amides is 1. The Kier molecular flexibility index (Phi) is 5.69. The Morgan fingerprint density at radius 3 is 2.39 bits per heavy atom. The van der Waals surface area contributed by atoms with Crippen molar-refractivity contribution in [3.8, 4) is 11.8 Å². The predicted molar refractivity (Wildman–Crippen MR) is 66.7 cm³/mol. The van der Waals surface area contributed by atoms with E-state index in [-0.39, 0.29) is 5.91 Å². The molecule has 0 aliphatic rings. The highest BCUT2D eigenvalue weighted by Gasteiger charge is 2.04. The lowest BCUT2D eigenvalue weighted by molar-refractivity contribution is -0.118. The summed E-state index contributed by atoms with van der Waals surface area (Å²) in [4.78, 5) is 18.8. The number of carbonyl (C=O) groups excluding carboxylic acids is 1. The van der Waals surface area contributed by atoms with E-state index < -0.39 is 0 Å². The lowest BCUT2D eigenvalue weighted by Crippen LogP contribution is -2.11. The lowest BCUT2D eigenvalue weighted by Gasteiger charge is -2.07. The molecule has 3 N–H and O–H groups in total. The Morgan fingerprint density at radius 2 is 1.89 bits per heavy atom.